The second-order valence-electron chi connectivity index (χ2n) is 7.44. The second kappa shape index (κ2) is 10.8. The van der Waals surface area contributed by atoms with Crippen molar-refractivity contribution in [3.8, 4) is 17.2 Å². The molecule has 0 saturated heterocycles. The number of nitrogens with zero attached hydrogens (tertiary/aromatic N) is 4. The maximum Gasteiger partial charge on any atom is 0.339 e. The Morgan fingerprint density at radius 1 is 1.24 bits per heavy atom. The fraction of sp³-hybridized carbons (Fsp3) is 0.273. The van der Waals surface area contributed by atoms with Crippen molar-refractivity contribution in [1.29, 1.82) is 0 Å². The molecule has 0 amide bonds. The van der Waals surface area contributed by atoms with E-state index >= 15 is 0 Å². The number of hydrogen-bond donors (Lipinski definition) is 2. The van der Waals surface area contributed by atoms with Gasteiger partial charge in [-0.05, 0) is 44.4 Å². The van der Waals surface area contributed by atoms with Crippen LogP contribution in [0.25, 0.3) is 21.7 Å². The van der Waals surface area contributed by atoms with E-state index in [1.165, 1.54) is 18.4 Å². The first-order chi connectivity index (χ1) is 16.4. The van der Waals surface area contributed by atoms with Crippen LogP contribution in [0.1, 0.15) is 10.4 Å². The van der Waals surface area contributed by atoms with Gasteiger partial charge in [-0.1, -0.05) is 34.1 Å². The number of rotatable bonds is 10. The zero-order valence-corrected chi connectivity index (χ0v) is 20.4. The van der Waals surface area contributed by atoms with E-state index in [4.69, 9.17) is 25.5 Å². The largest absolute Gasteiger partial charge is 0.476 e. The van der Waals surface area contributed by atoms with Crippen LogP contribution in [0.4, 0.5) is 11.1 Å². The smallest absolute Gasteiger partial charge is 0.339 e. The minimum Gasteiger partial charge on any atom is -0.476 e. The van der Waals surface area contributed by atoms with Crippen molar-refractivity contribution in [2.45, 2.75) is 0 Å². The zero-order chi connectivity index (χ0) is 24.1. The third-order valence-corrected chi connectivity index (χ3v) is 5.97. The van der Waals surface area contributed by atoms with E-state index in [1.807, 2.05) is 32.3 Å². The number of methoxy groups -OCH3 is 1. The lowest BCUT2D eigenvalue weighted by atomic mass is 10.1. The highest BCUT2D eigenvalue weighted by Crippen LogP contribution is 2.34. The number of para-hydroxylation sites is 1. The Labute approximate surface area is 204 Å². The summed E-state index contributed by atoms with van der Waals surface area (Å²) in [5.74, 6) is 0.352. The lowest BCUT2D eigenvalue weighted by molar-refractivity contribution is 0.0601. The minimum absolute atomic E-state index is 0.163. The van der Waals surface area contributed by atoms with Gasteiger partial charge in [0.05, 0.1) is 22.4 Å². The van der Waals surface area contributed by atoms with E-state index < -0.39 is 5.97 Å². The normalized spacial score (nSPS) is 11.2. The Bertz CT molecular complexity index is 1290. The van der Waals surface area contributed by atoms with Crippen molar-refractivity contribution in [2.24, 2.45) is 0 Å². The summed E-state index contributed by atoms with van der Waals surface area (Å²) in [7, 11) is 5.33. The van der Waals surface area contributed by atoms with Gasteiger partial charge >= 0.3 is 12.0 Å². The number of thiazole rings is 1. The van der Waals surface area contributed by atoms with E-state index in [1.54, 1.807) is 18.2 Å². The predicted octanol–water partition coefficient (Wildman–Crippen LogP) is 4.02. The third kappa shape index (κ3) is 5.62. The molecule has 0 unspecified atom stereocenters. The quantitative estimate of drug-likeness (QED) is 0.187. The number of halogens is 1. The molecule has 0 saturated carbocycles. The molecular formula is C22H23ClN6O4S. The lowest BCUT2D eigenvalue weighted by Gasteiger charge is -2.11. The van der Waals surface area contributed by atoms with E-state index in [0.717, 1.165) is 23.3 Å². The fourth-order valence-corrected chi connectivity index (χ4v) is 4.07. The summed E-state index contributed by atoms with van der Waals surface area (Å²) in [6.45, 7) is 2.13. The number of benzene rings is 2. The van der Waals surface area contributed by atoms with Crippen LogP contribution in [0.3, 0.4) is 0 Å². The Balaban J connectivity index is 1.46. The van der Waals surface area contributed by atoms with Crippen molar-refractivity contribution < 1.29 is 18.7 Å². The summed E-state index contributed by atoms with van der Waals surface area (Å²) in [4.78, 5) is 18.6. The summed E-state index contributed by atoms with van der Waals surface area (Å²) in [5.41, 5.74) is 1.49. The van der Waals surface area contributed by atoms with E-state index in [-0.39, 0.29) is 22.5 Å². The van der Waals surface area contributed by atoms with Gasteiger partial charge in [0.2, 0.25) is 5.89 Å². The Morgan fingerprint density at radius 2 is 2.09 bits per heavy atom. The topological polar surface area (TPSA) is 115 Å². The minimum atomic E-state index is -0.551. The van der Waals surface area contributed by atoms with E-state index in [2.05, 4.69) is 30.7 Å². The SMILES string of the molecule is COC(=O)c1cc(-c2nnc(Nc3nc4c(OCNCCN(C)C)cccc4s3)o2)ccc1Cl. The Kier molecular flexibility index (Phi) is 7.58. The van der Waals surface area contributed by atoms with Crippen LogP contribution in [0.2, 0.25) is 5.02 Å². The molecule has 0 aliphatic rings. The molecule has 0 atom stereocenters. The molecule has 2 aromatic carbocycles. The standard InChI is InChI=1S/C22H23ClN6O4S/c1-29(2)10-9-24-12-32-16-5-4-6-17-18(16)25-22(34-17)26-21-28-27-19(33-21)13-7-8-15(23)14(11-13)20(30)31-3/h4-8,11,24H,9-10,12H2,1-3H3,(H,25,26,28). The van der Waals surface area contributed by atoms with E-state index in [0.29, 0.717) is 23.2 Å². The number of carbonyl (C=O) groups is 1. The number of anilines is 2. The number of hydrogen-bond acceptors (Lipinski definition) is 11. The first-order valence-corrected chi connectivity index (χ1v) is 11.5. The van der Waals surface area contributed by atoms with Gasteiger partial charge in [0.15, 0.2) is 5.13 Å². The molecule has 0 bridgehead atoms. The first kappa shape index (κ1) is 23.9. The molecule has 2 aromatic heterocycles. The molecule has 178 valence electrons. The summed E-state index contributed by atoms with van der Waals surface area (Å²) in [5, 5.41) is 15.2. The highest BCUT2D eigenvalue weighted by atomic mass is 35.5. The molecule has 10 nitrogen and oxygen atoms in total. The van der Waals surface area contributed by atoms with Crippen LogP contribution >= 0.6 is 22.9 Å². The van der Waals surface area contributed by atoms with Gasteiger partial charge in [-0.25, -0.2) is 9.78 Å². The van der Waals surface area contributed by atoms with Crippen molar-refractivity contribution in [2.75, 3.05) is 46.3 Å². The number of fused-ring (bicyclic) bond motifs is 1. The average Bonchev–Trinajstić information content (AvgIpc) is 3.45. The molecule has 0 aliphatic heterocycles. The van der Waals surface area contributed by atoms with Crippen molar-refractivity contribution in [3.63, 3.8) is 0 Å². The molecule has 4 rings (SSSR count). The van der Waals surface area contributed by atoms with Crippen molar-refractivity contribution >= 4 is 50.3 Å². The number of esters is 1. The number of ether oxygens (including phenoxy) is 2. The predicted molar refractivity (Wildman–Crippen MR) is 131 cm³/mol. The molecule has 12 heteroatoms. The van der Waals surface area contributed by atoms with Gasteiger partial charge in [0.25, 0.3) is 0 Å². The third-order valence-electron chi connectivity index (χ3n) is 4.70. The summed E-state index contributed by atoms with van der Waals surface area (Å²) in [6.07, 6.45) is 0. The monoisotopic (exact) mass is 502 g/mol. The maximum atomic E-state index is 11.9. The first-order valence-electron chi connectivity index (χ1n) is 10.3. The molecular weight excluding hydrogens is 480 g/mol. The second-order valence-corrected chi connectivity index (χ2v) is 8.88. The van der Waals surface area contributed by atoms with Crippen LogP contribution < -0.4 is 15.4 Å². The van der Waals surface area contributed by atoms with Crippen LogP contribution in [-0.2, 0) is 4.74 Å². The van der Waals surface area contributed by atoms with Crippen LogP contribution in [0.15, 0.2) is 40.8 Å². The van der Waals surface area contributed by atoms with E-state index in [9.17, 15) is 4.79 Å². The molecule has 0 spiro atoms. The van der Waals surface area contributed by atoms with Crippen molar-refractivity contribution in [3.05, 3.63) is 47.0 Å². The van der Waals surface area contributed by atoms with Gasteiger partial charge in [0.1, 0.15) is 18.0 Å². The van der Waals surface area contributed by atoms with Gasteiger partial charge in [-0.3, -0.25) is 10.6 Å². The fourth-order valence-electron chi connectivity index (χ4n) is 3.00. The molecule has 0 aliphatic carbocycles. The number of nitrogens with one attached hydrogen (secondary N) is 2. The molecule has 0 fully saturated rings. The van der Waals surface area contributed by atoms with Crippen LogP contribution in [0, 0.1) is 0 Å². The van der Waals surface area contributed by atoms with Gasteiger partial charge in [0, 0.05) is 18.7 Å². The Morgan fingerprint density at radius 3 is 2.88 bits per heavy atom. The van der Waals surface area contributed by atoms with Crippen molar-refractivity contribution in [1.82, 2.24) is 25.4 Å². The lowest BCUT2D eigenvalue weighted by Crippen LogP contribution is -2.29. The molecule has 34 heavy (non-hydrogen) atoms. The maximum absolute atomic E-state index is 11.9. The number of aromatic nitrogens is 3. The highest BCUT2D eigenvalue weighted by Gasteiger charge is 2.17. The number of carbonyl (C=O) groups excluding carboxylic acids is 1. The van der Waals surface area contributed by atoms with Crippen LogP contribution in [-0.4, -0.2) is 67.1 Å². The highest BCUT2D eigenvalue weighted by molar-refractivity contribution is 7.22. The summed E-state index contributed by atoms with van der Waals surface area (Å²) < 4.78 is 17.3. The summed E-state index contributed by atoms with van der Waals surface area (Å²) in [6, 6.07) is 10.7. The van der Waals surface area contributed by atoms with Gasteiger partial charge < -0.3 is 18.8 Å². The molecule has 2 N–H and O–H groups in total. The zero-order valence-electron chi connectivity index (χ0n) is 18.8. The Hall–Kier alpha value is -3.25. The van der Waals surface area contributed by atoms with Crippen LogP contribution in [0.5, 0.6) is 5.75 Å². The average molecular weight is 503 g/mol. The van der Waals surface area contributed by atoms with Gasteiger partial charge in [-0.2, -0.15) is 0 Å². The molecule has 4 aromatic rings. The molecule has 2 heterocycles. The van der Waals surface area contributed by atoms with Gasteiger partial charge in [-0.15, -0.1) is 5.10 Å². The summed E-state index contributed by atoms with van der Waals surface area (Å²) >= 11 is 7.51. The molecule has 0 radical (unpaired) electrons. The number of likely N-dealkylation sites (N-methyl/N-ethyl adjacent to an activating group) is 1.